The summed E-state index contributed by atoms with van der Waals surface area (Å²) in [6, 6.07) is 2.85. The summed E-state index contributed by atoms with van der Waals surface area (Å²) in [6.07, 6.45) is 2.49. The maximum absolute atomic E-state index is 11.8. The van der Waals surface area contributed by atoms with Gasteiger partial charge in [0, 0.05) is 26.0 Å². The summed E-state index contributed by atoms with van der Waals surface area (Å²) in [6.45, 7) is 0.0632. The van der Waals surface area contributed by atoms with Crippen LogP contribution in [0.3, 0.4) is 0 Å². The Kier molecular flexibility index (Phi) is 4.06. The van der Waals surface area contributed by atoms with Gasteiger partial charge in [-0.25, -0.2) is 13.4 Å². The van der Waals surface area contributed by atoms with E-state index in [9.17, 15) is 18.3 Å². The largest absolute Gasteiger partial charge is 0.505 e. The number of carbonyl (C=O) groups excluding carboxylic acids is 1. The molecule has 1 aromatic heterocycles. The van der Waals surface area contributed by atoms with Crippen LogP contribution in [0.15, 0.2) is 18.3 Å². The molecule has 0 fully saturated rings. The van der Waals surface area contributed by atoms with Gasteiger partial charge in [-0.15, -0.1) is 0 Å². The maximum Gasteiger partial charge on any atom is 0.276 e. The van der Waals surface area contributed by atoms with Crippen molar-refractivity contribution in [2.75, 3.05) is 25.6 Å². The molecule has 0 aromatic carbocycles. The second-order valence-electron chi connectivity index (χ2n) is 3.73. The van der Waals surface area contributed by atoms with Crippen LogP contribution in [0.2, 0.25) is 0 Å². The third kappa shape index (κ3) is 4.03. The van der Waals surface area contributed by atoms with Crippen molar-refractivity contribution >= 4 is 15.7 Å². The summed E-state index contributed by atoms with van der Waals surface area (Å²) in [5, 5.41) is 9.43. The first-order chi connectivity index (χ1) is 7.81. The molecule has 1 amide bonds. The van der Waals surface area contributed by atoms with Gasteiger partial charge in [0.25, 0.3) is 5.91 Å². The van der Waals surface area contributed by atoms with Crippen molar-refractivity contribution in [1.82, 2.24) is 9.88 Å². The zero-order chi connectivity index (χ0) is 13.1. The van der Waals surface area contributed by atoms with Crippen molar-refractivity contribution in [3.05, 3.63) is 24.0 Å². The van der Waals surface area contributed by atoms with E-state index in [4.69, 9.17) is 0 Å². The van der Waals surface area contributed by atoms with E-state index in [0.717, 1.165) is 6.26 Å². The predicted molar refractivity (Wildman–Crippen MR) is 62.6 cm³/mol. The predicted octanol–water partition coefficient (Wildman–Crippen LogP) is -0.0962. The Bertz CT molecular complexity index is 513. The topological polar surface area (TPSA) is 87.6 Å². The molecule has 1 heterocycles. The summed E-state index contributed by atoms with van der Waals surface area (Å²) < 4.78 is 21.9. The molecule has 1 N–H and O–H groups in total. The van der Waals surface area contributed by atoms with Crippen LogP contribution in [0.5, 0.6) is 5.75 Å². The first-order valence-corrected chi connectivity index (χ1v) is 6.94. The third-order valence-corrected chi connectivity index (χ3v) is 3.06. The molecule has 0 aliphatic carbocycles. The standard InChI is InChI=1S/C10H14N2O4S/c1-12(6-7-17(2,15)16)10(14)9-8(13)4-3-5-11-9/h3-5,13H,6-7H2,1-2H3. The fourth-order valence-electron chi connectivity index (χ4n) is 1.15. The molecule has 94 valence electrons. The molecule has 0 spiro atoms. The van der Waals surface area contributed by atoms with Crippen molar-refractivity contribution in [3.63, 3.8) is 0 Å². The van der Waals surface area contributed by atoms with Gasteiger partial charge in [-0.3, -0.25) is 4.79 Å². The number of aromatic hydroxyl groups is 1. The highest BCUT2D eigenvalue weighted by atomic mass is 32.2. The Labute approximate surface area is 99.8 Å². The second kappa shape index (κ2) is 5.13. The molecule has 17 heavy (non-hydrogen) atoms. The molecule has 0 radical (unpaired) electrons. The molecule has 0 aliphatic heterocycles. The van der Waals surface area contributed by atoms with Crippen LogP contribution in [0.25, 0.3) is 0 Å². The van der Waals surface area contributed by atoms with Crippen molar-refractivity contribution in [2.45, 2.75) is 0 Å². The fourth-order valence-corrected chi connectivity index (χ4v) is 1.75. The highest BCUT2D eigenvalue weighted by Crippen LogP contribution is 2.14. The third-order valence-electron chi connectivity index (χ3n) is 2.13. The Balaban J connectivity index is 2.74. The minimum Gasteiger partial charge on any atom is -0.505 e. The van der Waals surface area contributed by atoms with E-state index in [-0.39, 0.29) is 23.7 Å². The van der Waals surface area contributed by atoms with E-state index in [1.54, 1.807) is 0 Å². The van der Waals surface area contributed by atoms with Gasteiger partial charge in [0.15, 0.2) is 5.69 Å². The van der Waals surface area contributed by atoms with Crippen molar-refractivity contribution < 1.29 is 18.3 Å². The van der Waals surface area contributed by atoms with E-state index in [0.29, 0.717) is 0 Å². The van der Waals surface area contributed by atoms with Gasteiger partial charge in [0.1, 0.15) is 15.6 Å². The summed E-state index contributed by atoms with van der Waals surface area (Å²) in [5.74, 6) is -0.849. The highest BCUT2D eigenvalue weighted by Gasteiger charge is 2.17. The SMILES string of the molecule is CN(CCS(C)(=O)=O)C(=O)c1ncccc1O. The van der Waals surface area contributed by atoms with Crippen LogP contribution in [-0.2, 0) is 9.84 Å². The van der Waals surface area contributed by atoms with E-state index in [1.807, 2.05) is 0 Å². The summed E-state index contributed by atoms with van der Waals surface area (Å²) >= 11 is 0. The first kappa shape index (κ1) is 13.4. The van der Waals surface area contributed by atoms with Gasteiger partial charge in [-0.2, -0.15) is 0 Å². The van der Waals surface area contributed by atoms with E-state index < -0.39 is 15.7 Å². The number of sulfone groups is 1. The molecule has 0 atom stereocenters. The molecular formula is C10H14N2O4S. The van der Waals surface area contributed by atoms with Crippen LogP contribution in [0, 0.1) is 0 Å². The molecule has 6 nitrogen and oxygen atoms in total. The fraction of sp³-hybridized carbons (Fsp3) is 0.400. The van der Waals surface area contributed by atoms with Gasteiger partial charge in [0.05, 0.1) is 5.75 Å². The number of pyridine rings is 1. The number of nitrogens with zero attached hydrogens (tertiary/aromatic N) is 2. The normalized spacial score (nSPS) is 11.2. The average Bonchev–Trinajstić information content (AvgIpc) is 2.24. The molecule has 0 saturated heterocycles. The quantitative estimate of drug-likeness (QED) is 0.815. The molecule has 0 bridgehead atoms. The Morgan fingerprint density at radius 2 is 2.18 bits per heavy atom. The molecule has 0 unspecified atom stereocenters. The van der Waals surface area contributed by atoms with E-state index in [1.165, 1.54) is 30.3 Å². The van der Waals surface area contributed by atoms with Crippen LogP contribution < -0.4 is 0 Å². The van der Waals surface area contributed by atoms with Gasteiger partial charge in [-0.05, 0) is 12.1 Å². The zero-order valence-electron chi connectivity index (χ0n) is 9.62. The smallest absolute Gasteiger partial charge is 0.276 e. The molecule has 1 rings (SSSR count). The Morgan fingerprint density at radius 3 is 2.71 bits per heavy atom. The van der Waals surface area contributed by atoms with Crippen LogP contribution in [0.4, 0.5) is 0 Å². The zero-order valence-corrected chi connectivity index (χ0v) is 10.4. The summed E-state index contributed by atoms with van der Waals surface area (Å²) in [7, 11) is -1.66. The lowest BCUT2D eigenvalue weighted by Crippen LogP contribution is -2.32. The maximum atomic E-state index is 11.8. The minimum absolute atomic E-state index is 0.0632. The Morgan fingerprint density at radius 1 is 1.53 bits per heavy atom. The van der Waals surface area contributed by atoms with Gasteiger partial charge in [0.2, 0.25) is 0 Å². The van der Waals surface area contributed by atoms with Gasteiger partial charge in [-0.1, -0.05) is 0 Å². The van der Waals surface area contributed by atoms with Crippen molar-refractivity contribution in [1.29, 1.82) is 0 Å². The number of aromatic nitrogens is 1. The van der Waals surface area contributed by atoms with E-state index in [2.05, 4.69) is 4.98 Å². The number of carbonyl (C=O) groups is 1. The molecule has 1 aromatic rings. The number of rotatable bonds is 4. The monoisotopic (exact) mass is 258 g/mol. The lowest BCUT2D eigenvalue weighted by Gasteiger charge is -2.16. The van der Waals surface area contributed by atoms with Crippen LogP contribution >= 0.6 is 0 Å². The first-order valence-electron chi connectivity index (χ1n) is 4.88. The van der Waals surface area contributed by atoms with Crippen LogP contribution in [-0.4, -0.2) is 54.9 Å². The minimum atomic E-state index is -3.12. The lowest BCUT2D eigenvalue weighted by molar-refractivity contribution is 0.0794. The lowest BCUT2D eigenvalue weighted by atomic mass is 10.3. The van der Waals surface area contributed by atoms with Gasteiger partial charge >= 0.3 is 0 Å². The average molecular weight is 258 g/mol. The summed E-state index contributed by atoms with van der Waals surface area (Å²) in [4.78, 5) is 16.8. The molecular weight excluding hydrogens is 244 g/mol. The Hall–Kier alpha value is -1.63. The molecule has 0 aliphatic rings. The van der Waals surface area contributed by atoms with Crippen LogP contribution in [0.1, 0.15) is 10.5 Å². The highest BCUT2D eigenvalue weighted by molar-refractivity contribution is 7.90. The summed E-state index contributed by atoms with van der Waals surface area (Å²) in [5.41, 5.74) is -0.0801. The van der Waals surface area contributed by atoms with Gasteiger partial charge < -0.3 is 10.0 Å². The number of hydrogen-bond acceptors (Lipinski definition) is 5. The van der Waals surface area contributed by atoms with Crippen molar-refractivity contribution in [2.24, 2.45) is 0 Å². The number of amides is 1. The van der Waals surface area contributed by atoms with Crippen molar-refractivity contribution in [3.8, 4) is 5.75 Å². The second-order valence-corrected chi connectivity index (χ2v) is 5.99. The molecule has 0 saturated carbocycles. The molecule has 7 heteroatoms. The van der Waals surface area contributed by atoms with E-state index >= 15 is 0 Å². The number of hydrogen-bond donors (Lipinski definition) is 1.